The van der Waals surface area contributed by atoms with Crippen molar-refractivity contribution in [1.82, 2.24) is 9.97 Å². The van der Waals surface area contributed by atoms with Crippen molar-refractivity contribution in [2.75, 3.05) is 0 Å². The third kappa shape index (κ3) is 2.92. The number of aliphatic carboxylic acids is 1. The SMILES string of the molecule is CC(C)(Sc1cnc(C#N)cn1)C(=O)O. The third-order valence-corrected chi connectivity index (χ3v) is 2.72. The zero-order chi connectivity index (χ0) is 11.5. The lowest BCUT2D eigenvalue weighted by Crippen LogP contribution is -2.27. The number of hydrogen-bond acceptors (Lipinski definition) is 5. The average molecular weight is 223 g/mol. The van der Waals surface area contributed by atoms with E-state index in [0.29, 0.717) is 5.03 Å². The van der Waals surface area contributed by atoms with E-state index in [-0.39, 0.29) is 5.69 Å². The van der Waals surface area contributed by atoms with E-state index in [1.807, 2.05) is 6.07 Å². The second-order valence-electron chi connectivity index (χ2n) is 3.27. The van der Waals surface area contributed by atoms with Crippen molar-refractivity contribution in [1.29, 1.82) is 5.26 Å². The van der Waals surface area contributed by atoms with Crippen LogP contribution in [0.3, 0.4) is 0 Å². The highest BCUT2D eigenvalue weighted by Crippen LogP contribution is 2.30. The molecule has 0 spiro atoms. The summed E-state index contributed by atoms with van der Waals surface area (Å²) < 4.78 is -0.956. The Labute approximate surface area is 91.2 Å². The molecule has 1 aromatic rings. The molecule has 0 aliphatic heterocycles. The molecule has 1 aromatic heterocycles. The minimum Gasteiger partial charge on any atom is -0.480 e. The topological polar surface area (TPSA) is 86.9 Å². The average Bonchev–Trinajstić information content (AvgIpc) is 2.18. The van der Waals surface area contributed by atoms with Crippen LogP contribution in [0.5, 0.6) is 0 Å². The Morgan fingerprint density at radius 3 is 2.60 bits per heavy atom. The fourth-order valence-electron chi connectivity index (χ4n) is 0.732. The Hall–Kier alpha value is -1.61. The molecule has 1 heterocycles. The molecule has 0 unspecified atom stereocenters. The molecule has 5 nitrogen and oxygen atoms in total. The largest absolute Gasteiger partial charge is 0.480 e. The van der Waals surface area contributed by atoms with E-state index in [4.69, 9.17) is 10.4 Å². The van der Waals surface area contributed by atoms with Gasteiger partial charge in [-0.3, -0.25) is 4.79 Å². The smallest absolute Gasteiger partial charge is 0.319 e. The molecule has 15 heavy (non-hydrogen) atoms. The summed E-state index contributed by atoms with van der Waals surface area (Å²) in [6.07, 6.45) is 2.72. The zero-order valence-corrected chi connectivity index (χ0v) is 9.08. The molecule has 0 radical (unpaired) electrons. The Bertz CT molecular complexity index is 408. The van der Waals surface area contributed by atoms with Gasteiger partial charge in [0.1, 0.15) is 15.8 Å². The number of rotatable bonds is 3. The van der Waals surface area contributed by atoms with Gasteiger partial charge in [0.2, 0.25) is 0 Å². The Morgan fingerprint density at radius 1 is 1.53 bits per heavy atom. The molecule has 1 rings (SSSR count). The normalized spacial score (nSPS) is 10.7. The van der Waals surface area contributed by atoms with Crippen molar-refractivity contribution in [2.45, 2.75) is 23.6 Å². The van der Waals surface area contributed by atoms with Crippen LogP contribution in [0.2, 0.25) is 0 Å². The van der Waals surface area contributed by atoms with Gasteiger partial charge in [-0.25, -0.2) is 9.97 Å². The molecule has 0 aromatic carbocycles. The molecule has 78 valence electrons. The first kappa shape index (κ1) is 11.5. The summed E-state index contributed by atoms with van der Waals surface area (Å²) in [6, 6.07) is 1.84. The summed E-state index contributed by atoms with van der Waals surface area (Å²) in [6.45, 7) is 3.17. The fourth-order valence-corrected chi connectivity index (χ4v) is 1.55. The molecule has 1 N–H and O–H groups in total. The molecular formula is C9H9N3O2S. The van der Waals surface area contributed by atoms with Crippen molar-refractivity contribution < 1.29 is 9.90 Å². The van der Waals surface area contributed by atoms with E-state index < -0.39 is 10.7 Å². The maximum absolute atomic E-state index is 10.8. The standard InChI is InChI=1S/C9H9N3O2S/c1-9(2,8(13)14)15-7-5-11-6(3-10)4-12-7/h4-5H,1-2H3,(H,13,14). The number of thioether (sulfide) groups is 1. The van der Waals surface area contributed by atoms with E-state index in [1.54, 1.807) is 13.8 Å². The second kappa shape index (κ2) is 4.28. The number of aromatic nitrogens is 2. The van der Waals surface area contributed by atoms with E-state index in [1.165, 1.54) is 12.4 Å². The van der Waals surface area contributed by atoms with Crippen LogP contribution in [0.4, 0.5) is 0 Å². The van der Waals surface area contributed by atoms with E-state index >= 15 is 0 Å². The molecule has 0 fully saturated rings. The molecule has 0 atom stereocenters. The third-order valence-electron chi connectivity index (χ3n) is 1.62. The number of hydrogen-bond donors (Lipinski definition) is 1. The number of carboxylic acids is 1. The first-order valence-corrected chi connectivity index (χ1v) is 4.92. The molecule has 0 saturated carbocycles. The number of nitriles is 1. The van der Waals surface area contributed by atoms with Gasteiger partial charge in [0.15, 0.2) is 5.69 Å². The van der Waals surface area contributed by atoms with E-state index in [0.717, 1.165) is 11.8 Å². The van der Waals surface area contributed by atoms with Gasteiger partial charge < -0.3 is 5.11 Å². The molecule has 0 saturated heterocycles. The summed E-state index contributed by atoms with van der Waals surface area (Å²) in [4.78, 5) is 18.6. The molecule has 0 amide bonds. The van der Waals surface area contributed by atoms with Gasteiger partial charge >= 0.3 is 5.97 Å². The van der Waals surface area contributed by atoms with Crippen LogP contribution in [0.25, 0.3) is 0 Å². The van der Waals surface area contributed by atoms with Gasteiger partial charge in [-0.1, -0.05) is 11.8 Å². The lowest BCUT2D eigenvalue weighted by atomic mass is 10.2. The van der Waals surface area contributed by atoms with Crippen LogP contribution in [-0.4, -0.2) is 25.8 Å². The number of carbonyl (C=O) groups is 1. The quantitative estimate of drug-likeness (QED) is 0.777. The maximum Gasteiger partial charge on any atom is 0.319 e. The Kier molecular flexibility index (Phi) is 3.27. The first-order chi connectivity index (χ1) is 6.95. The zero-order valence-electron chi connectivity index (χ0n) is 8.26. The fraction of sp³-hybridized carbons (Fsp3) is 0.333. The Morgan fingerprint density at radius 2 is 2.20 bits per heavy atom. The van der Waals surface area contributed by atoms with E-state index in [9.17, 15) is 4.79 Å². The van der Waals surface area contributed by atoms with Gasteiger partial charge in [-0.2, -0.15) is 5.26 Å². The van der Waals surface area contributed by atoms with Gasteiger partial charge in [-0.15, -0.1) is 0 Å². The number of carboxylic acid groups (broad SMARTS) is 1. The predicted molar refractivity (Wildman–Crippen MR) is 54.3 cm³/mol. The van der Waals surface area contributed by atoms with Crippen molar-refractivity contribution in [3.05, 3.63) is 18.1 Å². The van der Waals surface area contributed by atoms with Crippen LogP contribution in [0, 0.1) is 11.3 Å². The van der Waals surface area contributed by atoms with Crippen molar-refractivity contribution in [3.63, 3.8) is 0 Å². The molecule has 0 bridgehead atoms. The number of nitrogens with zero attached hydrogens (tertiary/aromatic N) is 3. The lowest BCUT2D eigenvalue weighted by molar-refractivity contribution is -0.138. The minimum absolute atomic E-state index is 0.215. The second-order valence-corrected chi connectivity index (χ2v) is 4.91. The highest BCUT2D eigenvalue weighted by atomic mass is 32.2. The first-order valence-electron chi connectivity index (χ1n) is 4.10. The minimum atomic E-state index is -0.956. The Balaban J connectivity index is 2.83. The lowest BCUT2D eigenvalue weighted by Gasteiger charge is -2.16. The monoisotopic (exact) mass is 223 g/mol. The summed E-state index contributed by atoms with van der Waals surface area (Å²) in [5.41, 5.74) is 0.215. The van der Waals surface area contributed by atoms with E-state index in [2.05, 4.69) is 9.97 Å². The van der Waals surface area contributed by atoms with Crippen LogP contribution >= 0.6 is 11.8 Å². The van der Waals surface area contributed by atoms with Crippen LogP contribution in [0.1, 0.15) is 19.5 Å². The van der Waals surface area contributed by atoms with Crippen LogP contribution in [-0.2, 0) is 4.79 Å². The van der Waals surface area contributed by atoms with Gasteiger partial charge in [0.25, 0.3) is 0 Å². The van der Waals surface area contributed by atoms with Crippen LogP contribution in [0.15, 0.2) is 17.4 Å². The maximum atomic E-state index is 10.8. The summed E-state index contributed by atoms with van der Waals surface area (Å²) >= 11 is 1.09. The summed E-state index contributed by atoms with van der Waals surface area (Å²) in [5.74, 6) is -0.918. The van der Waals surface area contributed by atoms with Gasteiger partial charge in [0, 0.05) is 0 Å². The van der Waals surface area contributed by atoms with Gasteiger partial charge in [0.05, 0.1) is 12.4 Å². The summed E-state index contributed by atoms with van der Waals surface area (Å²) in [5, 5.41) is 17.9. The van der Waals surface area contributed by atoms with Crippen LogP contribution < -0.4 is 0 Å². The highest BCUT2D eigenvalue weighted by Gasteiger charge is 2.29. The predicted octanol–water partition coefficient (Wildman–Crippen LogP) is 1.30. The van der Waals surface area contributed by atoms with Crippen molar-refractivity contribution in [3.8, 4) is 6.07 Å². The molecule has 6 heteroatoms. The van der Waals surface area contributed by atoms with Crippen molar-refractivity contribution in [2.24, 2.45) is 0 Å². The molecule has 0 aliphatic carbocycles. The highest BCUT2D eigenvalue weighted by molar-refractivity contribution is 8.01. The van der Waals surface area contributed by atoms with Gasteiger partial charge in [-0.05, 0) is 13.8 Å². The molecule has 0 aliphatic rings. The van der Waals surface area contributed by atoms with Crippen molar-refractivity contribution >= 4 is 17.7 Å². The molecular weight excluding hydrogens is 214 g/mol. The summed E-state index contributed by atoms with van der Waals surface area (Å²) in [7, 11) is 0.